The summed E-state index contributed by atoms with van der Waals surface area (Å²) in [7, 11) is 0. The Kier molecular flexibility index (Phi) is 4.44. The molecule has 7 nitrogen and oxygen atoms in total. The maximum atomic E-state index is 11.9. The molecule has 0 fully saturated rings. The highest BCUT2D eigenvalue weighted by Gasteiger charge is 2.13. The molecule has 2 amide bonds. The summed E-state index contributed by atoms with van der Waals surface area (Å²) >= 11 is 5.74. The summed E-state index contributed by atoms with van der Waals surface area (Å²) in [5, 5.41) is 18.4. The third kappa shape index (κ3) is 3.73. The molecule has 3 N–H and O–H groups in total. The van der Waals surface area contributed by atoms with E-state index in [1.807, 2.05) is 6.92 Å². The molecule has 1 aromatic carbocycles. The van der Waals surface area contributed by atoms with Crippen molar-refractivity contribution < 1.29 is 14.7 Å². The number of carbonyl (C=O) groups is 2. The van der Waals surface area contributed by atoms with Crippen molar-refractivity contribution in [2.45, 2.75) is 13.5 Å². The number of carbonyl (C=O) groups excluding carboxylic acids is 1. The van der Waals surface area contributed by atoms with Crippen LogP contribution in [0, 0.1) is 0 Å². The van der Waals surface area contributed by atoms with E-state index >= 15 is 0 Å². The fourth-order valence-corrected chi connectivity index (χ4v) is 1.86. The number of anilines is 2. The predicted octanol–water partition coefficient (Wildman–Crippen LogP) is 2.90. The molecule has 0 unspecified atom stereocenters. The summed E-state index contributed by atoms with van der Waals surface area (Å²) in [4.78, 5) is 23.0. The van der Waals surface area contributed by atoms with Gasteiger partial charge in [-0.05, 0) is 25.1 Å². The van der Waals surface area contributed by atoms with Gasteiger partial charge in [-0.3, -0.25) is 4.68 Å². The van der Waals surface area contributed by atoms with Crippen LogP contribution in [-0.2, 0) is 6.54 Å². The number of amides is 2. The van der Waals surface area contributed by atoms with Gasteiger partial charge < -0.3 is 15.7 Å². The standard InChI is InChI=1S/C13H13ClN4O3/c1-2-18-7-9(6-15-18)16-13(21)17-11-4-3-8(14)5-10(11)12(19)20/h3-7H,2H2,1H3,(H,19,20)(H2,16,17,21). The van der Waals surface area contributed by atoms with E-state index in [1.54, 1.807) is 10.9 Å². The number of aromatic carboxylic acids is 1. The lowest BCUT2D eigenvalue weighted by Gasteiger charge is -2.09. The molecule has 0 atom stereocenters. The van der Waals surface area contributed by atoms with Gasteiger partial charge in [-0.1, -0.05) is 11.6 Å². The number of halogens is 1. The van der Waals surface area contributed by atoms with Gasteiger partial charge in [0.1, 0.15) is 0 Å². The Bertz CT molecular complexity index is 684. The fraction of sp³-hybridized carbons (Fsp3) is 0.154. The van der Waals surface area contributed by atoms with E-state index in [0.29, 0.717) is 12.2 Å². The van der Waals surface area contributed by atoms with Crippen molar-refractivity contribution in [2.24, 2.45) is 0 Å². The van der Waals surface area contributed by atoms with Gasteiger partial charge in [0.05, 0.1) is 23.1 Å². The number of nitrogens with one attached hydrogen (secondary N) is 2. The zero-order valence-electron chi connectivity index (χ0n) is 11.1. The van der Waals surface area contributed by atoms with Crippen LogP contribution in [0.2, 0.25) is 5.02 Å². The maximum Gasteiger partial charge on any atom is 0.337 e. The maximum absolute atomic E-state index is 11.9. The van der Waals surface area contributed by atoms with E-state index < -0.39 is 12.0 Å². The minimum atomic E-state index is -1.17. The van der Waals surface area contributed by atoms with E-state index in [-0.39, 0.29) is 16.3 Å². The van der Waals surface area contributed by atoms with Crippen LogP contribution < -0.4 is 10.6 Å². The molecule has 0 aliphatic heterocycles. The van der Waals surface area contributed by atoms with Crippen LogP contribution in [-0.4, -0.2) is 26.9 Å². The molecule has 21 heavy (non-hydrogen) atoms. The smallest absolute Gasteiger partial charge is 0.337 e. The number of hydrogen-bond acceptors (Lipinski definition) is 3. The Morgan fingerprint density at radius 2 is 2.14 bits per heavy atom. The molecule has 0 aliphatic rings. The lowest BCUT2D eigenvalue weighted by molar-refractivity contribution is 0.0698. The number of carboxylic acid groups (broad SMARTS) is 1. The van der Waals surface area contributed by atoms with Crippen molar-refractivity contribution in [2.75, 3.05) is 10.6 Å². The zero-order chi connectivity index (χ0) is 15.4. The third-order valence-corrected chi connectivity index (χ3v) is 2.91. The predicted molar refractivity (Wildman–Crippen MR) is 79.0 cm³/mol. The second-order valence-electron chi connectivity index (χ2n) is 4.16. The lowest BCUT2D eigenvalue weighted by Crippen LogP contribution is -2.20. The number of urea groups is 1. The monoisotopic (exact) mass is 308 g/mol. The van der Waals surface area contributed by atoms with Gasteiger partial charge in [0.25, 0.3) is 0 Å². The second-order valence-corrected chi connectivity index (χ2v) is 4.60. The minimum absolute atomic E-state index is 0.0816. The van der Waals surface area contributed by atoms with E-state index in [0.717, 1.165) is 0 Å². The number of carboxylic acids is 1. The van der Waals surface area contributed by atoms with Gasteiger partial charge in [0.2, 0.25) is 0 Å². The van der Waals surface area contributed by atoms with E-state index in [4.69, 9.17) is 16.7 Å². The van der Waals surface area contributed by atoms with Crippen molar-refractivity contribution in [3.63, 3.8) is 0 Å². The molecule has 0 saturated carbocycles. The Morgan fingerprint density at radius 1 is 1.38 bits per heavy atom. The van der Waals surface area contributed by atoms with Crippen LogP contribution in [0.5, 0.6) is 0 Å². The van der Waals surface area contributed by atoms with Crippen LogP contribution in [0.25, 0.3) is 0 Å². The Hall–Kier alpha value is -2.54. The average molecular weight is 309 g/mol. The number of hydrogen-bond donors (Lipinski definition) is 3. The average Bonchev–Trinajstić information content (AvgIpc) is 2.88. The van der Waals surface area contributed by atoms with Gasteiger partial charge in [-0.2, -0.15) is 5.10 Å². The first-order valence-electron chi connectivity index (χ1n) is 6.13. The first-order valence-corrected chi connectivity index (χ1v) is 6.50. The summed E-state index contributed by atoms with van der Waals surface area (Å²) in [6.07, 6.45) is 3.17. The molecule has 0 radical (unpaired) electrons. The summed E-state index contributed by atoms with van der Waals surface area (Å²) in [6.45, 7) is 2.60. The normalized spacial score (nSPS) is 10.2. The number of aryl methyl sites for hydroxylation is 1. The first-order chi connectivity index (χ1) is 9.99. The molecular formula is C13H13ClN4O3. The van der Waals surface area contributed by atoms with Gasteiger partial charge in [-0.15, -0.1) is 0 Å². The quantitative estimate of drug-likeness (QED) is 0.809. The summed E-state index contributed by atoms with van der Waals surface area (Å²) < 4.78 is 1.65. The second kappa shape index (κ2) is 6.27. The van der Waals surface area contributed by atoms with Crippen LogP contribution in [0.1, 0.15) is 17.3 Å². The Labute approximate surface area is 125 Å². The molecule has 1 aromatic heterocycles. The van der Waals surface area contributed by atoms with E-state index in [9.17, 15) is 9.59 Å². The molecule has 110 valence electrons. The van der Waals surface area contributed by atoms with Crippen LogP contribution in [0.3, 0.4) is 0 Å². The topological polar surface area (TPSA) is 96.2 Å². The highest BCUT2D eigenvalue weighted by atomic mass is 35.5. The number of aromatic nitrogens is 2. The Morgan fingerprint density at radius 3 is 2.76 bits per heavy atom. The van der Waals surface area contributed by atoms with Crippen LogP contribution in [0.15, 0.2) is 30.6 Å². The number of benzene rings is 1. The molecule has 0 bridgehead atoms. The van der Waals surface area contributed by atoms with Crippen molar-refractivity contribution >= 4 is 35.0 Å². The minimum Gasteiger partial charge on any atom is -0.478 e. The molecule has 2 rings (SSSR count). The van der Waals surface area contributed by atoms with Crippen molar-refractivity contribution in [1.29, 1.82) is 0 Å². The first kappa shape index (κ1) is 14.9. The van der Waals surface area contributed by atoms with Crippen molar-refractivity contribution in [1.82, 2.24) is 9.78 Å². The molecule has 0 saturated heterocycles. The SMILES string of the molecule is CCn1cc(NC(=O)Nc2ccc(Cl)cc2C(=O)O)cn1. The van der Waals surface area contributed by atoms with Gasteiger partial charge >= 0.3 is 12.0 Å². The zero-order valence-corrected chi connectivity index (χ0v) is 11.9. The highest BCUT2D eigenvalue weighted by molar-refractivity contribution is 6.31. The molecule has 0 spiro atoms. The highest BCUT2D eigenvalue weighted by Crippen LogP contribution is 2.21. The third-order valence-electron chi connectivity index (χ3n) is 2.68. The largest absolute Gasteiger partial charge is 0.478 e. The summed E-state index contributed by atoms with van der Waals surface area (Å²) in [5.41, 5.74) is 0.592. The van der Waals surface area contributed by atoms with E-state index in [2.05, 4.69) is 15.7 Å². The lowest BCUT2D eigenvalue weighted by atomic mass is 10.2. The molecule has 1 heterocycles. The van der Waals surface area contributed by atoms with Crippen molar-refractivity contribution in [3.05, 3.63) is 41.2 Å². The Balaban J connectivity index is 2.10. The fourth-order valence-electron chi connectivity index (χ4n) is 1.69. The molecule has 0 aliphatic carbocycles. The van der Waals surface area contributed by atoms with Gasteiger partial charge in [0, 0.05) is 17.8 Å². The molecule has 8 heteroatoms. The van der Waals surface area contributed by atoms with Gasteiger partial charge in [0.15, 0.2) is 0 Å². The van der Waals surface area contributed by atoms with Crippen molar-refractivity contribution in [3.8, 4) is 0 Å². The summed E-state index contributed by atoms with van der Waals surface area (Å²) in [6, 6.07) is 3.64. The van der Waals surface area contributed by atoms with E-state index in [1.165, 1.54) is 24.4 Å². The molecule has 2 aromatic rings. The van der Waals surface area contributed by atoms with Gasteiger partial charge in [-0.25, -0.2) is 9.59 Å². The summed E-state index contributed by atoms with van der Waals surface area (Å²) in [5.74, 6) is -1.17. The number of rotatable bonds is 4. The molecular weight excluding hydrogens is 296 g/mol. The number of nitrogens with zero attached hydrogens (tertiary/aromatic N) is 2. The van der Waals surface area contributed by atoms with Crippen LogP contribution >= 0.6 is 11.6 Å². The van der Waals surface area contributed by atoms with Crippen LogP contribution in [0.4, 0.5) is 16.2 Å².